The number of hydrogen-bond donors (Lipinski definition) is 2. The van der Waals surface area contributed by atoms with Crippen LogP contribution in [0, 0.1) is 11.5 Å². The second-order valence-corrected chi connectivity index (χ2v) is 9.28. The molecule has 1 aliphatic rings. The fourth-order valence-corrected chi connectivity index (χ4v) is 4.30. The van der Waals surface area contributed by atoms with Gasteiger partial charge in [-0.25, -0.2) is 9.98 Å². The van der Waals surface area contributed by atoms with Gasteiger partial charge in [0.15, 0.2) is 6.19 Å². The normalized spacial score (nSPS) is 19.8. The zero-order valence-corrected chi connectivity index (χ0v) is 21.3. The summed E-state index contributed by atoms with van der Waals surface area (Å²) in [5.41, 5.74) is 1.45. The van der Waals surface area contributed by atoms with Crippen molar-refractivity contribution in [2.24, 2.45) is 4.99 Å². The van der Waals surface area contributed by atoms with Crippen LogP contribution >= 0.6 is 23.2 Å². The highest BCUT2D eigenvalue weighted by molar-refractivity contribution is 6.35. The molecule has 0 saturated carbocycles. The summed E-state index contributed by atoms with van der Waals surface area (Å²) in [6.07, 6.45) is 6.77. The monoisotopic (exact) mass is 528 g/mol. The van der Waals surface area contributed by atoms with Crippen molar-refractivity contribution in [1.82, 2.24) is 14.9 Å². The van der Waals surface area contributed by atoms with Crippen molar-refractivity contribution >= 4 is 34.8 Å². The molecular weight excluding hydrogens is 503 g/mol. The van der Waals surface area contributed by atoms with Crippen molar-refractivity contribution < 1.29 is 14.2 Å². The minimum atomic E-state index is -1.11. The number of aromatic nitrogens is 2. The molecule has 3 aromatic rings. The van der Waals surface area contributed by atoms with Gasteiger partial charge < -0.3 is 24.1 Å². The lowest BCUT2D eigenvalue weighted by molar-refractivity contribution is -0.189. The van der Waals surface area contributed by atoms with Crippen LogP contribution in [0.3, 0.4) is 0 Å². The van der Waals surface area contributed by atoms with Gasteiger partial charge in [0.2, 0.25) is 11.7 Å². The number of ether oxygens (including phenoxy) is 3. The molecule has 2 N–H and O–H groups in total. The van der Waals surface area contributed by atoms with Crippen LogP contribution in [-0.2, 0) is 21.8 Å². The van der Waals surface area contributed by atoms with Crippen LogP contribution in [0.2, 0.25) is 10.0 Å². The highest BCUT2D eigenvalue weighted by Crippen LogP contribution is 2.40. The quantitative estimate of drug-likeness (QED) is 0.187. The van der Waals surface area contributed by atoms with Gasteiger partial charge >= 0.3 is 0 Å². The van der Waals surface area contributed by atoms with E-state index in [1.807, 2.05) is 61.1 Å². The highest BCUT2D eigenvalue weighted by Gasteiger charge is 2.45. The van der Waals surface area contributed by atoms with E-state index in [1.54, 1.807) is 24.7 Å². The van der Waals surface area contributed by atoms with Crippen LogP contribution in [-0.4, -0.2) is 40.9 Å². The molecule has 0 unspecified atom stereocenters. The molecule has 4 rings (SSSR count). The number of nitrogens with zero attached hydrogens (tertiary/aromatic N) is 4. The molecule has 0 radical (unpaired) electrons. The smallest absolute Gasteiger partial charge is 0.215 e. The summed E-state index contributed by atoms with van der Waals surface area (Å²) < 4.78 is 20.4. The van der Waals surface area contributed by atoms with Gasteiger partial charge in [-0.3, -0.25) is 5.32 Å². The van der Waals surface area contributed by atoms with E-state index >= 15 is 0 Å². The summed E-state index contributed by atoms with van der Waals surface area (Å²) in [5.74, 6) is -0.0616. The van der Waals surface area contributed by atoms with Crippen molar-refractivity contribution in [2.75, 3.05) is 18.5 Å². The second kappa shape index (κ2) is 11.6. The number of rotatable bonds is 8. The minimum absolute atomic E-state index is 0.0354. The molecule has 11 heteroatoms. The zero-order chi connectivity index (χ0) is 25.5. The number of nitrogens with one attached hydrogen (secondary N) is 2. The highest BCUT2D eigenvalue weighted by atomic mass is 35.5. The first-order valence-electron chi connectivity index (χ1n) is 11.3. The van der Waals surface area contributed by atoms with E-state index in [0.717, 1.165) is 5.69 Å². The van der Waals surface area contributed by atoms with Crippen LogP contribution in [0.5, 0.6) is 5.75 Å². The maximum atomic E-state index is 8.91. The van der Waals surface area contributed by atoms with Crippen LogP contribution in [0.1, 0.15) is 19.4 Å². The Morgan fingerprint density at radius 1 is 1.31 bits per heavy atom. The SMILES string of the molecule is CC(C)N=C(NC#N)Nc1ccc(OC[C@@H]2CO[C@@](Cn3ccnc3)(c3ccc(Cl)cc3Cl)O2)cc1. The summed E-state index contributed by atoms with van der Waals surface area (Å²) in [7, 11) is 0. The molecule has 1 aromatic heterocycles. The first kappa shape index (κ1) is 25.8. The summed E-state index contributed by atoms with van der Waals surface area (Å²) in [5, 5.41) is 15.5. The summed E-state index contributed by atoms with van der Waals surface area (Å²) in [4.78, 5) is 8.45. The minimum Gasteiger partial charge on any atom is -0.491 e. The van der Waals surface area contributed by atoms with Gasteiger partial charge in [0.25, 0.3) is 0 Å². The summed E-state index contributed by atoms with van der Waals surface area (Å²) in [6.45, 7) is 4.82. The van der Waals surface area contributed by atoms with Gasteiger partial charge in [0.05, 0.1) is 24.5 Å². The number of nitriles is 1. The van der Waals surface area contributed by atoms with Crippen LogP contribution in [0.15, 0.2) is 66.2 Å². The van der Waals surface area contributed by atoms with E-state index in [-0.39, 0.29) is 18.8 Å². The lowest BCUT2D eigenvalue weighted by Crippen LogP contribution is -2.34. The number of hydrogen-bond acceptors (Lipinski definition) is 6. The van der Waals surface area contributed by atoms with Crippen LogP contribution in [0.25, 0.3) is 0 Å². The zero-order valence-electron chi connectivity index (χ0n) is 19.8. The molecule has 2 heterocycles. The Balaban J connectivity index is 1.41. The second-order valence-electron chi connectivity index (χ2n) is 8.43. The van der Waals surface area contributed by atoms with E-state index in [0.29, 0.717) is 40.5 Å². The fourth-order valence-electron chi connectivity index (χ4n) is 3.74. The number of anilines is 1. The van der Waals surface area contributed by atoms with E-state index < -0.39 is 5.79 Å². The molecule has 9 nitrogen and oxygen atoms in total. The first-order valence-corrected chi connectivity index (χ1v) is 12.1. The molecule has 2 atom stereocenters. The Kier molecular flexibility index (Phi) is 8.33. The molecule has 1 fully saturated rings. The van der Waals surface area contributed by atoms with E-state index in [4.69, 9.17) is 42.7 Å². The van der Waals surface area contributed by atoms with E-state index in [1.165, 1.54) is 0 Å². The predicted octanol–water partition coefficient (Wildman–Crippen LogP) is 4.78. The van der Waals surface area contributed by atoms with Crippen molar-refractivity contribution in [3.8, 4) is 11.9 Å². The summed E-state index contributed by atoms with van der Waals surface area (Å²) >= 11 is 12.6. The molecule has 1 saturated heterocycles. The lowest BCUT2D eigenvalue weighted by Gasteiger charge is -2.30. The Morgan fingerprint density at radius 2 is 2.11 bits per heavy atom. The Morgan fingerprint density at radius 3 is 2.78 bits per heavy atom. The first-order chi connectivity index (χ1) is 17.4. The largest absolute Gasteiger partial charge is 0.491 e. The molecule has 0 bridgehead atoms. The lowest BCUT2D eigenvalue weighted by atomic mass is 10.1. The average Bonchev–Trinajstić information content (AvgIpc) is 3.49. The standard InChI is InChI=1S/C25H26Cl2N6O3/c1-17(2)31-24(30-15-28)32-19-4-6-20(7-5-19)34-12-21-13-35-25(36-21,14-33-10-9-29-16-33)22-8-3-18(26)11-23(22)27/h3-11,16-17,21H,12-14H2,1-2H3,(H2,30,31,32)/t21-,25-/m1/s1. The number of halogens is 2. The molecular formula is C25H26Cl2N6O3. The number of aliphatic imine (C=N–C) groups is 1. The average molecular weight is 529 g/mol. The molecule has 2 aromatic carbocycles. The Hall–Kier alpha value is -3.29. The van der Waals surface area contributed by atoms with Gasteiger partial charge in [-0.2, -0.15) is 5.26 Å². The third-order valence-corrected chi connectivity index (χ3v) is 5.81. The number of benzene rings is 2. The predicted molar refractivity (Wildman–Crippen MR) is 138 cm³/mol. The van der Waals surface area contributed by atoms with Crippen molar-refractivity contribution in [3.05, 3.63) is 76.8 Å². The maximum absolute atomic E-state index is 8.91. The molecule has 188 valence electrons. The Bertz CT molecular complexity index is 1230. The topological polar surface area (TPSA) is 106 Å². The van der Waals surface area contributed by atoms with Crippen molar-refractivity contribution in [1.29, 1.82) is 5.26 Å². The van der Waals surface area contributed by atoms with Gasteiger partial charge in [0, 0.05) is 34.7 Å². The molecule has 1 aliphatic heterocycles. The van der Waals surface area contributed by atoms with Crippen molar-refractivity contribution in [2.45, 2.75) is 38.3 Å². The molecule has 0 amide bonds. The molecule has 0 aliphatic carbocycles. The third-order valence-electron chi connectivity index (χ3n) is 5.27. The molecule has 0 spiro atoms. The third kappa shape index (κ3) is 6.47. The number of guanidine groups is 1. The Labute approximate surface area is 219 Å². The van der Waals surface area contributed by atoms with Gasteiger partial charge in [0.1, 0.15) is 18.5 Å². The maximum Gasteiger partial charge on any atom is 0.215 e. The van der Waals surface area contributed by atoms with Crippen LogP contribution < -0.4 is 15.4 Å². The summed E-state index contributed by atoms with van der Waals surface area (Å²) in [6, 6.07) is 12.6. The number of imidazole rings is 1. The van der Waals surface area contributed by atoms with Gasteiger partial charge in [-0.1, -0.05) is 29.3 Å². The fraction of sp³-hybridized carbons (Fsp3) is 0.320. The van der Waals surface area contributed by atoms with Gasteiger partial charge in [-0.05, 0) is 50.2 Å². The van der Waals surface area contributed by atoms with E-state index in [9.17, 15) is 0 Å². The molecule has 36 heavy (non-hydrogen) atoms. The van der Waals surface area contributed by atoms with Crippen molar-refractivity contribution in [3.63, 3.8) is 0 Å². The van der Waals surface area contributed by atoms with E-state index in [2.05, 4.69) is 20.6 Å². The van der Waals surface area contributed by atoms with Crippen LogP contribution in [0.4, 0.5) is 5.69 Å². The van der Waals surface area contributed by atoms with Gasteiger partial charge in [-0.15, -0.1) is 0 Å².